The van der Waals surface area contributed by atoms with Gasteiger partial charge in [-0.1, -0.05) is 48.0 Å². The molecule has 0 radical (unpaired) electrons. The van der Waals surface area contributed by atoms with Gasteiger partial charge in [0.15, 0.2) is 5.70 Å². The van der Waals surface area contributed by atoms with Gasteiger partial charge in [-0.2, -0.15) is 0 Å². The second-order valence-electron chi connectivity index (χ2n) is 6.30. The van der Waals surface area contributed by atoms with E-state index >= 15 is 0 Å². The zero-order valence-corrected chi connectivity index (χ0v) is 15.9. The quantitative estimate of drug-likeness (QED) is 0.420. The summed E-state index contributed by atoms with van der Waals surface area (Å²) < 4.78 is 24.8. The average Bonchev–Trinajstić information content (AvgIpc) is 3.08. The topological polar surface area (TPSA) is 47.9 Å². The molecule has 0 atom stereocenters. The van der Waals surface area contributed by atoms with Crippen molar-refractivity contribution in [1.29, 1.82) is 0 Å². The molecule has 3 aromatic carbocycles. The van der Waals surface area contributed by atoms with Crippen molar-refractivity contribution in [3.8, 4) is 5.75 Å². The number of carbonyl (C=O) groups is 1. The molecule has 6 heteroatoms. The van der Waals surface area contributed by atoms with E-state index in [-0.39, 0.29) is 17.2 Å². The molecule has 1 aliphatic heterocycles. The van der Waals surface area contributed by atoms with Crippen LogP contribution in [0, 0.1) is 5.82 Å². The summed E-state index contributed by atoms with van der Waals surface area (Å²) in [5, 5.41) is 0.668. The number of aliphatic imine (C=N–C) groups is 1. The monoisotopic (exact) mass is 407 g/mol. The molecule has 0 unspecified atom stereocenters. The summed E-state index contributed by atoms with van der Waals surface area (Å²) in [6, 6.07) is 20.6. The molecule has 3 aromatic rings. The lowest BCUT2D eigenvalue weighted by Crippen LogP contribution is -2.07. The lowest BCUT2D eigenvalue weighted by atomic mass is 10.2. The molecule has 1 aliphatic rings. The highest BCUT2D eigenvalue weighted by Crippen LogP contribution is 2.23. The van der Waals surface area contributed by atoms with E-state index < -0.39 is 11.8 Å². The fourth-order valence-corrected chi connectivity index (χ4v) is 2.88. The number of ether oxygens (including phenoxy) is 2. The van der Waals surface area contributed by atoms with Crippen molar-refractivity contribution in [2.45, 2.75) is 6.61 Å². The van der Waals surface area contributed by atoms with Gasteiger partial charge >= 0.3 is 5.97 Å². The maximum Gasteiger partial charge on any atom is 0.363 e. The molecular formula is C23H15ClFNO3. The highest BCUT2D eigenvalue weighted by molar-refractivity contribution is 6.30. The van der Waals surface area contributed by atoms with Gasteiger partial charge in [-0.25, -0.2) is 14.2 Å². The van der Waals surface area contributed by atoms with Crippen LogP contribution in [-0.2, 0) is 16.1 Å². The summed E-state index contributed by atoms with van der Waals surface area (Å²) in [4.78, 5) is 16.3. The Morgan fingerprint density at radius 3 is 2.62 bits per heavy atom. The first-order chi connectivity index (χ1) is 14.1. The van der Waals surface area contributed by atoms with E-state index in [1.807, 2.05) is 30.3 Å². The summed E-state index contributed by atoms with van der Waals surface area (Å²) in [7, 11) is 0. The van der Waals surface area contributed by atoms with Gasteiger partial charge in [-0.15, -0.1) is 0 Å². The zero-order chi connectivity index (χ0) is 20.2. The number of cyclic esters (lactones) is 1. The van der Waals surface area contributed by atoms with E-state index in [0.29, 0.717) is 22.9 Å². The van der Waals surface area contributed by atoms with Gasteiger partial charge in [0.2, 0.25) is 5.90 Å². The smallest absolute Gasteiger partial charge is 0.363 e. The molecule has 29 heavy (non-hydrogen) atoms. The van der Waals surface area contributed by atoms with E-state index in [9.17, 15) is 9.18 Å². The Hall–Kier alpha value is -3.44. The lowest BCUT2D eigenvalue weighted by Gasteiger charge is -2.07. The molecule has 0 saturated carbocycles. The number of carbonyl (C=O) groups excluding carboxylic acids is 1. The van der Waals surface area contributed by atoms with E-state index in [2.05, 4.69) is 4.99 Å². The van der Waals surface area contributed by atoms with Crippen LogP contribution in [-0.4, -0.2) is 11.9 Å². The van der Waals surface area contributed by atoms with Crippen LogP contribution in [0.25, 0.3) is 6.08 Å². The number of halogens is 2. The van der Waals surface area contributed by atoms with Crippen LogP contribution in [0.1, 0.15) is 16.7 Å². The van der Waals surface area contributed by atoms with Crippen molar-refractivity contribution in [2.24, 2.45) is 4.99 Å². The Labute approximate surface area is 171 Å². The Kier molecular flexibility index (Phi) is 5.40. The molecule has 0 spiro atoms. The van der Waals surface area contributed by atoms with E-state index in [0.717, 1.165) is 5.56 Å². The largest absolute Gasteiger partial charge is 0.489 e. The van der Waals surface area contributed by atoms with Crippen molar-refractivity contribution >= 4 is 29.5 Å². The molecular weight excluding hydrogens is 393 g/mol. The van der Waals surface area contributed by atoms with Gasteiger partial charge in [-0.3, -0.25) is 0 Å². The van der Waals surface area contributed by atoms with Crippen LogP contribution >= 0.6 is 11.6 Å². The highest BCUT2D eigenvalue weighted by Gasteiger charge is 2.25. The molecule has 4 nitrogen and oxygen atoms in total. The summed E-state index contributed by atoms with van der Waals surface area (Å²) >= 11 is 5.88. The summed E-state index contributed by atoms with van der Waals surface area (Å²) in [6.45, 7) is 0.384. The first-order valence-corrected chi connectivity index (χ1v) is 9.21. The third kappa shape index (κ3) is 4.52. The van der Waals surface area contributed by atoms with Crippen LogP contribution in [0.4, 0.5) is 4.39 Å². The molecule has 0 amide bonds. The number of hydrogen-bond donors (Lipinski definition) is 0. The van der Waals surface area contributed by atoms with Gasteiger partial charge in [0.1, 0.15) is 18.2 Å². The predicted octanol–water partition coefficient (Wildman–Crippen LogP) is 5.40. The average molecular weight is 408 g/mol. The fourth-order valence-electron chi connectivity index (χ4n) is 2.76. The Morgan fingerprint density at radius 1 is 1.03 bits per heavy atom. The molecule has 0 fully saturated rings. The van der Waals surface area contributed by atoms with Crippen LogP contribution in [0.2, 0.25) is 5.02 Å². The van der Waals surface area contributed by atoms with E-state index in [1.165, 1.54) is 12.1 Å². The van der Waals surface area contributed by atoms with Gasteiger partial charge in [0.25, 0.3) is 0 Å². The van der Waals surface area contributed by atoms with Crippen LogP contribution in [0.5, 0.6) is 5.75 Å². The molecule has 0 aliphatic carbocycles. The standard InChI is InChI=1S/C23H15ClFNO3/c24-17-10-8-15(9-11-17)14-28-18-5-3-4-16(12-18)13-21-23(27)29-22(26-21)19-6-1-2-7-20(19)25/h1-13H,14H2. The lowest BCUT2D eigenvalue weighted by molar-refractivity contribution is -0.129. The molecule has 0 saturated heterocycles. The zero-order valence-electron chi connectivity index (χ0n) is 15.1. The van der Waals surface area contributed by atoms with Crippen LogP contribution in [0.15, 0.2) is 83.5 Å². The number of rotatable bonds is 5. The maximum absolute atomic E-state index is 13.9. The molecule has 1 heterocycles. The number of nitrogens with zero attached hydrogens (tertiary/aromatic N) is 1. The number of hydrogen-bond acceptors (Lipinski definition) is 4. The van der Waals surface area contributed by atoms with Crippen molar-refractivity contribution in [1.82, 2.24) is 0 Å². The number of benzene rings is 3. The second kappa shape index (κ2) is 8.29. The first kappa shape index (κ1) is 18.9. The normalized spacial score (nSPS) is 14.6. The predicted molar refractivity (Wildman–Crippen MR) is 109 cm³/mol. The second-order valence-corrected chi connectivity index (χ2v) is 6.74. The first-order valence-electron chi connectivity index (χ1n) is 8.83. The Morgan fingerprint density at radius 2 is 1.83 bits per heavy atom. The minimum absolute atomic E-state index is 0.0468. The molecule has 144 valence electrons. The summed E-state index contributed by atoms with van der Waals surface area (Å²) in [5.41, 5.74) is 1.93. The minimum atomic E-state index is -0.629. The summed E-state index contributed by atoms with van der Waals surface area (Å²) in [6.07, 6.45) is 1.57. The van der Waals surface area contributed by atoms with Crippen molar-refractivity contribution in [3.05, 3.63) is 106 Å². The summed E-state index contributed by atoms with van der Waals surface area (Å²) in [5.74, 6) is -0.540. The van der Waals surface area contributed by atoms with Gasteiger partial charge < -0.3 is 9.47 Å². The Balaban J connectivity index is 1.52. The van der Waals surface area contributed by atoms with E-state index in [1.54, 1.807) is 36.4 Å². The molecule has 0 aromatic heterocycles. The van der Waals surface area contributed by atoms with Crippen molar-refractivity contribution < 1.29 is 18.7 Å². The number of esters is 1. The molecule has 0 N–H and O–H groups in total. The maximum atomic E-state index is 13.9. The Bertz CT molecular complexity index is 1120. The third-order valence-electron chi connectivity index (χ3n) is 4.21. The minimum Gasteiger partial charge on any atom is -0.489 e. The molecule has 4 rings (SSSR count). The molecule has 0 bridgehead atoms. The van der Waals surface area contributed by atoms with Gasteiger partial charge in [0, 0.05) is 5.02 Å². The van der Waals surface area contributed by atoms with Crippen LogP contribution < -0.4 is 4.74 Å². The van der Waals surface area contributed by atoms with Crippen molar-refractivity contribution in [2.75, 3.05) is 0 Å². The highest BCUT2D eigenvalue weighted by atomic mass is 35.5. The van der Waals surface area contributed by atoms with E-state index in [4.69, 9.17) is 21.1 Å². The van der Waals surface area contributed by atoms with Gasteiger partial charge in [-0.05, 0) is 53.6 Å². The fraction of sp³-hybridized carbons (Fsp3) is 0.0435. The third-order valence-corrected chi connectivity index (χ3v) is 4.46. The van der Waals surface area contributed by atoms with Crippen LogP contribution in [0.3, 0.4) is 0 Å². The SMILES string of the molecule is O=C1OC(c2ccccc2F)=NC1=Cc1cccc(OCc2ccc(Cl)cc2)c1. The van der Waals surface area contributed by atoms with Gasteiger partial charge in [0.05, 0.1) is 5.56 Å². The van der Waals surface area contributed by atoms with Crippen molar-refractivity contribution in [3.63, 3.8) is 0 Å².